The van der Waals surface area contributed by atoms with E-state index in [0.717, 1.165) is 35.7 Å². The molecule has 0 amide bonds. The topological polar surface area (TPSA) is 51.2 Å². The largest absolute Gasteiger partial charge is 0.426 e. The van der Waals surface area contributed by atoms with E-state index < -0.39 is 0 Å². The molecule has 0 bridgehead atoms. The van der Waals surface area contributed by atoms with Gasteiger partial charge in [-0.05, 0) is 42.2 Å². The van der Waals surface area contributed by atoms with Gasteiger partial charge in [-0.15, -0.1) is 11.8 Å². The number of aryl methyl sites for hydroxylation is 1. The zero-order chi connectivity index (χ0) is 16.8. The number of nitrogens with zero attached hydrogens (tertiary/aromatic N) is 1. The second kappa shape index (κ2) is 8.31. The fraction of sp³-hybridized carbons (Fsp3) is 0.368. The molecule has 1 saturated heterocycles. The van der Waals surface area contributed by atoms with E-state index in [1.54, 1.807) is 0 Å². The van der Waals surface area contributed by atoms with Gasteiger partial charge in [-0.2, -0.15) is 0 Å². The highest BCUT2D eigenvalue weighted by molar-refractivity contribution is 7.99. The van der Waals surface area contributed by atoms with Crippen molar-refractivity contribution in [1.82, 2.24) is 10.3 Å². The Balaban J connectivity index is 1.51. The van der Waals surface area contributed by atoms with E-state index in [1.807, 2.05) is 54.4 Å². The van der Waals surface area contributed by atoms with Gasteiger partial charge in [0.2, 0.25) is 0 Å². The number of esters is 1. The maximum Gasteiger partial charge on any atom is 0.317 e. The highest BCUT2D eigenvalue weighted by atomic mass is 32.2. The molecule has 1 aliphatic heterocycles. The van der Waals surface area contributed by atoms with Gasteiger partial charge in [0.25, 0.3) is 0 Å². The van der Waals surface area contributed by atoms with E-state index >= 15 is 0 Å². The summed E-state index contributed by atoms with van der Waals surface area (Å²) in [6, 6.07) is 12.2. The quantitative estimate of drug-likeness (QED) is 0.646. The van der Waals surface area contributed by atoms with Crippen molar-refractivity contribution >= 4 is 17.7 Å². The van der Waals surface area contributed by atoms with Crippen molar-refractivity contribution in [3.8, 4) is 5.75 Å². The summed E-state index contributed by atoms with van der Waals surface area (Å²) < 4.78 is 5.40. The van der Waals surface area contributed by atoms with E-state index in [1.165, 1.54) is 5.56 Å². The summed E-state index contributed by atoms with van der Waals surface area (Å²) in [6.45, 7) is 2.08. The van der Waals surface area contributed by atoms with Crippen LogP contribution in [0.25, 0.3) is 0 Å². The average Bonchev–Trinajstić information content (AvgIpc) is 3.10. The number of rotatable bonds is 6. The summed E-state index contributed by atoms with van der Waals surface area (Å²) in [4.78, 5) is 16.3. The lowest BCUT2D eigenvalue weighted by Gasteiger charge is -2.10. The van der Waals surface area contributed by atoms with Gasteiger partial charge >= 0.3 is 5.97 Å². The third-order valence-electron chi connectivity index (χ3n) is 4.05. The summed E-state index contributed by atoms with van der Waals surface area (Å²) in [5.74, 6) is 2.49. The summed E-state index contributed by atoms with van der Waals surface area (Å²) in [6.07, 6.45) is 3.95. The van der Waals surface area contributed by atoms with Gasteiger partial charge < -0.3 is 10.1 Å². The van der Waals surface area contributed by atoms with E-state index in [0.29, 0.717) is 11.8 Å². The minimum absolute atomic E-state index is 0.189. The van der Waals surface area contributed by atoms with E-state index in [9.17, 15) is 4.79 Å². The van der Waals surface area contributed by atoms with Crippen LogP contribution in [0.3, 0.4) is 0 Å². The summed E-state index contributed by atoms with van der Waals surface area (Å²) in [7, 11) is 0. The second-order valence-electron chi connectivity index (χ2n) is 5.93. The normalized spacial score (nSPS) is 17.0. The van der Waals surface area contributed by atoms with Gasteiger partial charge in [-0.3, -0.25) is 9.78 Å². The van der Waals surface area contributed by atoms with Crippen molar-refractivity contribution in [2.24, 2.45) is 0 Å². The number of nitrogens with one attached hydrogen (secondary N) is 1. The average molecular weight is 342 g/mol. The van der Waals surface area contributed by atoms with Gasteiger partial charge in [0, 0.05) is 23.9 Å². The van der Waals surface area contributed by atoms with E-state index in [-0.39, 0.29) is 12.4 Å². The van der Waals surface area contributed by atoms with Crippen LogP contribution >= 0.6 is 11.8 Å². The SMILES string of the molecule is CCc1ccc(CC(=O)Oc2ccc(CC3CSCN3)cc2)nc1. The Morgan fingerprint density at radius 3 is 2.67 bits per heavy atom. The Morgan fingerprint density at radius 1 is 1.25 bits per heavy atom. The summed E-state index contributed by atoms with van der Waals surface area (Å²) in [5.41, 5.74) is 3.16. The molecule has 1 N–H and O–H groups in total. The Kier molecular flexibility index (Phi) is 5.88. The van der Waals surface area contributed by atoms with Gasteiger partial charge in [0.1, 0.15) is 5.75 Å². The molecule has 1 fully saturated rings. The molecule has 1 aromatic carbocycles. The highest BCUT2D eigenvalue weighted by Gasteiger charge is 2.15. The Morgan fingerprint density at radius 2 is 2.04 bits per heavy atom. The van der Waals surface area contributed by atoms with Crippen molar-refractivity contribution in [2.45, 2.75) is 32.2 Å². The number of carbonyl (C=O) groups is 1. The fourth-order valence-electron chi connectivity index (χ4n) is 2.63. The molecular weight excluding hydrogens is 320 g/mol. The van der Waals surface area contributed by atoms with E-state index in [2.05, 4.69) is 17.2 Å². The molecule has 0 radical (unpaired) electrons. The van der Waals surface area contributed by atoms with Crippen LogP contribution < -0.4 is 10.1 Å². The predicted octanol–water partition coefficient (Wildman–Crippen LogP) is 3.00. The van der Waals surface area contributed by atoms with Crippen LogP contribution in [0, 0.1) is 0 Å². The van der Waals surface area contributed by atoms with Gasteiger partial charge in [-0.25, -0.2) is 0 Å². The predicted molar refractivity (Wildman–Crippen MR) is 97.3 cm³/mol. The Bertz CT molecular complexity index is 665. The first-order valence-electron chi connectivity index (χ1n) is 8.27. The molecule has 24 heavy (non-hydrogen) atoms. The van der Waals surface area contributed by atoms with Crippen molar-refractivity contribution in [1.29, 1.82) is 0 Å². The van der Waals surface area contributed by atoms with Crippen molar-refractivity contribution < 1.29 is 9.53 Å². The number of carbonyl (C=O) groups excluding carboxylic acids is 1. The molecule has 3 rings (SSSR count). The lowest BCUT2D eigenvalue weighted by atomic mass is 10.1. The number of hydrogen-bond acceptors (Lipinski definition) is 5. The monoisotopic (exact) mass is 342 g/mol. The maximum absolute atomic E-state index is 12.0. The third-order valence-corrected chi connectivity index (χ3v) is 5.06. The van der Waals surface area contributed by atoms with E-state index in [4.69, 9.17) is 4.74 Å². The maximum atomic E-state index is 12.0. The molecular formula is C19H22N2O2S. The van der Waals surface area contributed by atoms with Gasteiger partial charge in [0.15, 0.2) is 0 Å². The molecule has 0 saturated carbocycles. The highest BCUT2D eigenvalue weighted by Crippen LogP contribution is 2.17. The standard InChI is InChI=1S/C19H22N2O2S/c1-2-14-3-6-16(20-11-14)10-19(22)23-18-7-4-15(5-8-18)9-17-12-24-13-21-17/h3-8,11,17,21H,2,9-10,12-13H2,1H3. The molecule has 0 spiro atoms. The molecule has 1 atom stereocenters. The number of pyridine rings is 1. The van der Waals surface area contributed by atoms with Gasteiger partial charge in [-0.1, -0.05) is 25.1 Å². The number of aromatic nitrogens is 1. The van der Waals surface area contributed by atoms with Crippen LogP contribution in [0.2, 0.25) is 0 Å². The summed E-state index contributed by atoms with van der Waals surface area (Å²) in [5, 5.41) is 3.46. The Hall–Kier alpha value is -1.85. The molecule has 126 valence electrons. The van der Waals surface area contributed by atoms with Crippen LogP contribution in [-0.4, -0.2) is 28.6 Å². The van der Waals surface area contributed by atoms with Gasteiger partial charge in [0.05, 0.1) is 12.1 Å². The molecule has 1 unspecified atom stereocenters. The molecule has 1 aliphatic rings. The first kappa shape index (κ1) is 17.0. The molecule has 4 nitrogen and oxygen atoms in total. The molecule has 2 heterocycles. The number of hydrogen-bond donors (Lipinski definition) is 1. The lowest BCUT2D eigenvalue weighted by molar-refractivity contribution is -0.133. The second-order valence-corrected chi connectivity index (χ2v) is 6.96. The number of thioether (sulfide) groups is 1. The van der Waals surface area contributed by atoms with Crippen LogP contribution in [0.5, 0.6) is 5.75 Å². The van der Waals surface area contributed by atoms with Crippen LogP contribution in [0.15, 0.2) is 42.6 Å². The smallest absolute Gasteiger partial charge is 0.317 e. The Labute approximate surface area is 147 Å². The number of benzene rings is 1. The molecule has 5 heteroatoms. The van der Waals surface area contributed by atoms with Crippen LogP contribution in [0.1, 0.15) is 23.7 Å². The minimum Gasteiger partial charge on any atom is -0.426 e. The molecule has 2 aromatic rings. The lowest BCUT2D eigenvalue weighted by Crippen LogP contribution is -2.25. The van der Waals surface area contributed by atoms with Crippen molar-refractivity contribution in [2.75, 3.05) is 11.6 Å². The minimum atomic E-state index is -0.284. The van der Waals surface area contributed by atoms with Crippen LogP contribution in [0.4, 0.5) is 0 Å². The zero-order valence-electron chi connectivity index (χ0n) is 13.8. The molecule has 1 aromatic heterocycles. The van der Waals surface area contributed by atoms with Crippen molar-refractivity contribution in [3.05, 3.63) is 59.4 Å². The molecule has 0 aliphatic carbocycles. The fourth-order valence-corrected chi connectivity index (χ4v) is 3.62. The first-order valence-corrected chi connectivity index (χ1v) is 9.43. The number of ether oxygens (including phenoxy) is 1. The third kappa shape index (κ3) is 4.82. The summed E-state index contributed by atoms with van der Waals surface area (Å²) >= 11 is 1.93. The van der Waals surface area contributed by atoms with Crippen molar-refractivity contribution in [3.63, 3.8) is 0 Å². The zero-order valence-corrected chi connectivity index (χ0v) is 14.6. The van der Waals surface area contributed by atoms with Crippen LogP contribution in [-0.2, 0) is 24.1 Å². The first-order chi connectivity index (χ1) is 11.7.